The number of amides is 1. The molecule has 1 N–H and O–H groups in total. The summed E-state index contributed by atoms with van der Waals surface area (Å²) in [7, 11) is 4.41. The number of hydrogen-bond acceptors (Lipinski definition) is 6. The number of carbonyl (C=O) groups excluding carboxylic acids is 1. The van der Waals surface area contributed by atoms with Crippen LogP contribution in [0.4, 0.5) is 4.39 Å². The number of ether oxygens (including phenoxy) is 3. The summed E-state index contributed by atoms with van der Waals surface area (Å²) in [6.07, 6.45) is 1.36. The Kier molecular flexibility index (Phi) is 6.13. The van der Waals surface area contributed by atoms with Crippen molar-refractivity contribution in [2.24, 2.45) is 5.10 Å². The summed E-state index contributed by atoms with van der Waals surface area (Å²) in [4.78, 5) is 12.4. The molecule has 3 aromatic rings. The maximum Gasteiger partial charge on any atom is 0.271 e. The van der Waals surface area contributed by atoms with E-state index in [1.807, 2.05) is 0 Å². The molecule has 1 aromatic heterocycles. The van der Waals surface area contributed by atoms with E-state index in [1.165, 1.54) is 51.8 Å². The Morgan fingerprint density at radius 1 is 1.00 bits per heavy atom. The van der Waals surface area contributed by atoms with Gasteiger partial charge in [-0.25, -0.2) is 9.82 Å². The standard InChI is InChI=1S/C21H19FN2O5/c1-26-18-10-14(11-19(27-2)20(18)28-3)21(25)24-23-12-16-8-9-17(29-16)13-4-6-15(22)7-5-13/h4-12H,1-3H3,(H,24,25)/b23-12+. The molecule has 29 heavy (non-hydrogen) atoms. The van der Waals surface area contributed by atoms with Crippen LogP contribution in [0.15, 0.2) is 58.0 Å². The summed E-state index contributed by atoms with van der Waals surface area (Å²) >= 11 is 0. The molecule has 0 spiro atoms. The summed E-state index contributed by atoms with van der Waals surface area (Å²) in [5.41, 5.74) is 3.42. The number of furan rings is 1. The molecule has 150 valence electrons. The number of halogens is 1. The molecular weight excluding hydrogens is 379 g/mol. The Morgan fingerprint density at radius 3 is 2.24 bits per heavy atom. The van der Waals surface area contributed by atoms with Gasteiger partial charge in [0.1, 0.15) is 17.3 Å². The summed E-state index contributed by atoms with van der Waals surface area (Å²) in [6, 6.07) is 12.4. The van der Waals surface area contributed by atoms with Crippen molar-refractivity contribution in [3.05, 3.63) is 65.7 Å². The van der Waals surface area contributed by atoms with Crippen molar-refractivity contribution in [3.63, 3.8) is 0 Å². The van der Waals surface area contributed by atoms with Gasteiger partial charge in [0.25, 0.3) is 5.91 Å². The smallest absolute Gasteiger partial charge is 0.271 e. The molecule has 2 aromatic carbocycles. The summed E-state index contributed by atoms with van der Waals surface area (Å²) in [5.74, 6) is 1.30. The second-order valence-electron chi connectivity index (χ2n) is 5.82. The third-order valence-corrected chi connectivity index (χ3v) is 4.04. The van der Waals surface area contributed by atoms with Gasteiger partial charge in [-0.3, -0.25) is 4.79 Å². The number of nitrogens with one attached hydrogen (secondary N) is 1. The molecule has 0 radical (unpaired) electrons. The van der Waals surface area contributed by atoms with E-state index < -0.39 is 5.91 Å². The Balaban J connectivity index is 1.71. The Morgan fingerprint density at radius 2 is 1.66 bits per heavy atom. The molecule has 1 amide bonds. The van der Waals surface area contributed by atoms with Crippen LogP contribution in [0.1, 0.15) is 16.1 Å². The molecule has 0 aliphatic rings. The maximum absolute atomic E-state index is 13.0. The average Bonchev–Trinajstić information content (AvgIpc) is 3.21. The van der Waals surface area contributed by atoms with Crippen molar-refractivity contribution in [1.82, 2.24) is 5.43 Å². The molecule has 0 aliphatic carbocycles. The number of hydrazone groups is 1. The van der Waals surface area contributed by atoms with E-state index in [1.54, 1.807) is 24.3 Å². The molecule has 0 saturated carbocycles. The number of methoxy groups -OCH3 is 3. The van der Waals surface area contributed by atoms with E-state index >= 15 is 0 Å². The van der Waals surface area contributed by atoms with Crippen LogP contribution in [0.5, 0.6) is 17.2 Å². The normalized spacial score (nSPS) is 10.8. The molecule has 0 unspecified atom stereocenters. The number of rotatable bonds is 7. The van der Waals surface area contributed by atoms with Crippen LogP contribution < -0.4 is 19.6 Å². The lowest BCUT2D eigenvalue weighted by Crippen LogP contribution is -2.18. The predicted molar refractivity (Wildman–Crippen MR) is 105 cm³/mol. The molecule has 3 rings (SSSR count). The van der Waals surface area contributed by atoms with E-state index in [0.717, 1.165) is 5.56 Å². The molecule has 0 aliphatic heterocycles. The summed E-state index contributed by atoms with van der Waals surface area (Å²) < 4.78 is 34.3. The van der Waals surface area contributed by atoms with E-state index in [2.05, 4.69) is 10.5 Å². The van der Waals surface area contributed by atoms with Crippen LogP contribution in [0.25, 0.3) is 11.3 Å². The van der Waals surface area contributed by atoms with E-state index in [4.69, 9.17) is 18.6 Å². The van der Waals surface area contributed by atoms with Gasteiger partial charge in [-0.1, -0.05) is 0 Å². The second-order valence-corrected chi connectivity index (χ2v) is 5.82. The topological polar surface area (TPSA) is 82.3 Å². The Labute approximate surface area is 166 Å². The fourth-order valence-electron chi connectivity index (χ4n) is 2.62. The Bertz CT molecular complexity index is 1000. The quantitative estimate of drug-likeness (QED) is 0.483. The predicted octanol–water partition coefficient (Wildman–Crippen LogP) is 3.88. The first-order valence-corrected chi connectivity index (χ1v) is 8.55. The van der Waals surface area contributed by atoms with Crippen LogP contribution in [0, 0.1) is 5.82 Å². The minimum atomic E-state index is -0.467. The minimum Gasteiger partial charge on any atom is -0.493 e. The zero-order valence-electron chi connectivity index (χ0n) is 16.1. The zero-order valence-corrected chi connectivity index (χ0v) is 16.1. The van der Waals surface area contributed by atoms with Crippen LogP contribution in [0.3, 0.4) is 0 Å². The third kappa shape index (κ3) is 4.55. The average molecular weight is 398 g/mol. The van der Waals surface area contributed by atoms with Crippen LogP contribution in [-0.2, 0) is 0 Å². The van der Waals surface area contributed by atoms with Gasteiger partial charge in [0.05, 0.1) is 27.5 Å². The SMILES string of the molecule is COc1cc(C(=O)N/N=C/c2ccc(-c3ccc(F)cc3)o2)cc(OC)c1OC. The molecule has 0 fully saturated rings. The highest BCUT2D eigenvalue weighted by atomic mass is 19.1. The Hall–Kier alpha value is -3.81. The van der Waals surface area contributed by atoms with Gasteiger partial charge in [0, 0.05) is 11.1 Å². The van der Waals surface area contributed by atoms with Crippen molar-refractivity contribution in [3.8, 4) is 28.6 Å². The molecule has 0 saturated heterocycles. The van der Waals surface area contributed by atoms with Crippen molar-refractivity contribution >= 4 is 12.1 Å². The van der Waals surface area contributed by atoms with Crippen molar-refractivity contribution in [1.29, 1.82) is 0 Å². The summed E-state index contributed by atoms with van der Waals surface area (Å²) in [6.45, 7) is 0. The van der Waals surface area contributed by atoms with Gasteiger partial charge in [-0.05, 0) is 48.5 Å². The molecule has 8 heteroatoms. The van der Waals surface area contributed by atoms with Crippen LogP contribution in [-0.4, -0.2) is 33.5 Å². The highest BCUT2D eigenvalue weighted by molar-refractivity contribution is 5.96. The van der Waals surface area contributed by atoms with Crippen LogP contribution >= 0.6 is 0 Å². The first-order valence-electron chi connectivity index (χ1n) is 8.55. The molecule has 0 atom stereocenters. The van der Waals surface area contributed by atoms with Crippen molar-refractivity contribution in [2.75, 3.05) is 21.3 Å². The first kappa shape index (κ1) is 19.9. The number of carbonyl (C=O) groups is 1. The highest BCUT2D eigenvalue weighted by Crippen LogP contribution is 2.38. The van der Waals surface area contributed by atoms with Crippen molar-refractivity contribution < 1.29 is 27.8 Å². The number of nitrogens with zero attached hydrogens (tertiary/aromatic N) is 1. The molecule has 0 bridgehead atoms. The lowest BCUT2D eigenvalue weighted by molar-refractivity contribution is 0.0954. The summed E-state index contributed by atoms with van der Waals surface area (Å²) in [5, 5.41) is 3.90. The molecule has 1 heterocycles. The third-order valence-electron chi connectivity index (χ3n) is 4.04. The van der Waals surface area contributed by atoms with Gasteiger partial charge in [0.2, 0.25) is 5.75 Å². The van der Waals surface area contributed by atoms with Gasteiger partial charge in [-0.15, -0.1) is 0 Å². The monoisotopic (exact) mass is 398 g/mol. The first-order chi connectivity index (χ1) is 14.0. The van der Waals surface area contributed by atoms with Gasteiger partial charge >= 0.3 is 0 Å². The van der Waals surface area contributed by atoms with Crippen molar-refractivity contribution in [2.45, 2.75) is 0 Å². The van der Waals surface area contributed by atoms with Crippen LogP contribution in [0.2, 0.25) is 0 Å². The number of hydrogen-bond donors (Lipinski definition) is 1. The molecule has 7 nitrogen and oxygen atoms in total. The fourth-order valence-corrected chi connectivity index (χ4v) is 2.62. The maximum atomic E-state index is 13.0. The van der Waals surface area contributed by atoms with Gasteiger partial charge in [0.15, 0.2) is 11.5 Å². The minimum absolute atomic E-state index is 0.281. The van der Waals surface area contributed by atoms with Gasteiger partial charge < -0.3 is 18.6 Å². The van der Waals surface area contributed by atoms with E-state index in [9.17, 15) is 9.18 Å². The number of benzene rings is 2. The van der Waals surface area contributed by atoms with E-state index in [-0.39, 0.29) is 11.4 Å². The van der Waals surface area contributed by atoms with E-state index in [0.29, 0.717) is 28.8 Å². The lowest BCUT2D eigenvalue weighted by Gasteiger charge is -2.13. The zero-order chi connectivity index (χ0) is 20.8. The van der Waals surface area contributed by atoms with Gasteiger partial charge in [-0.2, -0.15) is 5.10 Å². The fraction of sp³-hybridized carbons (Fsp3) is 0.143. The second kappa shape index (κ2) is 8.92. The molecular formula is C21H19FN2O5. The lowest BCUT2D eigenvalue weighted by atomic mass is 10.1. The highest BCUT2D eigenvalue weighted by Gasteiger charge is 2.16. The largest absolute Gasteiger partial charge is 0.493 e.